The van der Waals surface area contributed by atoms with E-state index in [1.165, 1.54) is 0 Å². The summed E-state index contributed by atoms with van der Waals surface area (Å²) in [6.07, 6.45) is 6.21. The van der Waals surface area contributed by atoms with Crippen LogP contribution in [0.4, 0.5) is 5.69 Å². The monoisotopic (exact) mass is 347 g/mol. The predicted octanol–water partition coefficient (Wildman–Crippen LogP) is 3.60. The molecule has 1 fully saturated rings. The van der Waals surface area contributed by atoms with Gasteiger partial charge in [0, 0.05) is 28.0 Å². The van der Waals surface area contributed by atoms with Crippen LogP contribution in [0.1, 0.15) is 32.1 Å². The van der Waals surface area contributed by atoms with E-state index in [1.807, 2.05) is 24.3 Å². The van der Waals surface area contributed by atoms with Crippen molar-refractivity contribution in [2.45, 2.75) is 37.6 Å². The number of benzene rings is 1. The molecule has 1 amide bonds. The molecule has 0 radical (unpaired) electrons. The minimum atomic E-state index is -0.328. The van der Waals surface area contributed by atoms with Crippen LogP contribution in [0, 0.1) is 0 Å². The molecule has 3 rings (SSSR count). The van der Waals surface area contributed by atoms with E-state index in [-0.39, 0.29) is 11.4 Å². The molecular weight excluding hydrogens is 330 g/mol. The lowest BCUT2D eigenvalue weighted by Crippen LogP contribution is -2.40. The fourth-order valence-corrected chi connectivity index (χ4v) is 3.35. The van der Waals surface area contributed by atoms with Crippen LogP contribution in [0.5, 0.6) is 0 Å². The maximum absolute atomic E-state index is 12.3. The number of aromatic nitrogens is 1. The van der Waals surface area contributed by atoms with Crippen molar-refractivity contribution in [2.75, 3.05) is 5.32 Å². The minimum Gasteiger partial charge on any atom is -0.325 e. The van der Waals surface area contributed by atoms with Crippen molar-refractivity contribution in [1.29, 1.82) is 0 Å². The fourth-order valence-electron chi connectivity index (χ4n) is 3.00. The maximum atomic E-state index is 12.3. The molecular formula is C16H18BrN3O. The van der Waals surface area contributed by atoms with Crippen molar-refractivity contribution in [2.24, 2.45) is 5.73 Å². The summed E-state index contributed by atoms with van der Waals surface area (Å²) in [7, 11) is 0. The lowest BCUT2D eigenvalue weighted by Gasteiger charge is -2.22. The number of para-hydroxylation sites is 1. The third-order valence-electron chi connectivity index (χ3n) is 4.06. The van der Waals surface area contributed by atoms with Gasteiger partial charge in [-0.3, -0.25) is 9.78 Å². The Balaban J connectivity index is 1.80. The molecule has 1 heterocycles. The number of nitrogens with two attached hydrogens (primary N) is 1. The summed E-state index contributed by atoms with van der Waals surface area (Å²) in [4.78, 5) is 16.6. The number of amides is 1. The first kappa shape index (κ1) is 14.5. The molecule has 1 aromatic carbocycles. The molecule has 21 heavy (non-hydrogen) atoms. The Labute approximate surface area is 132 Å². The zero-order valence-electron chi connectivity index (χ0n) is 11.7. The van der Waals surface area contributed by atoms with Gasteiger partial charge in [0.1, 0.15) is 0 Å². The van der Waals surface area contributed by atoms with E-state index >= 15 is 0 Å². The SMILES string of the molecule is NC1(CC(=O)Nc2cccc3cc(Br)cnc23)CCCC1. The van der Waals surface area contributed by atoms with E-state index in [1.54, 1.807) is 6.20 Å². The Morgan fingerprint density at radius 3 is 2.90 bits per heavy atom. The van der Waals surface area contributed by atoms with E-state index in [2.05, 4.69) is 26.2 Å². The molecule has 3 N–H and O–H groups in total. The van der Waals surface area contributed by atoms with Gasteiger partial charge in [-0.05, 0) is 40.9 Å². The Kier molecular flexibility index (Phi) is 3.95. The molecule has 1 aliphatic rings. The zero-order valence-corrected chi connectivity index (χ0v) is 13.3. The van der Waals surface area contributed by atoms with E-state index in [0.717, 1.165) is 46.7 Å². The van der Waals surface area contributed by atoms with Crippen molar-refractivity contribution >= 4 is 38.4 Å². The number of carbonyl (C=O) groups is 1. The van der Waals surface area contributed by atoms with Gasteiger partial charge >= 0.3 is 0 Å². The first-order chi connectivity index (χ1) is 10.1. The van der Waals surface area contributed by atoms with Crippen molar-refractivity contribution in [3.05, 3.63) is 34.9 Å². The largest absolute Gasteiger partial charge is 0.325 e. The van der Waals surface area contributed by atoms with Crippen molar-refractivity contribution in [1.82, 2.24) is 4.98 Å². The number of nitrogens with one attached hydrogen (secondary N) is 1. The first-order valence-electron chi connectivity index (χ1n) is 7.19. The molecule has 0 bridgehead atoms. The highest BCUT2D eigenvalue weighted by Gasteiger charge is 2.31. The second-order valence-corrected chi connectivity index (χ2v) is 6.74. The minimum absolute atomic E-state index is 0.0309. The van der Waals surface area contributed by atoms with Crippen LogP contribution in [0.15, 0.2) is 34.9 Å². The summed E-state index contributed by atoms with van der Waals surface area (Å²) >= 11 is 3.41. The second-order valence-electron chi connectivity index (χ2n) is 5.83. The van der Waals surface area contributed by atoms with Crippen LogP contribution in [-0.2, 0) is 4.79 Å². The molecule has 2 aromatic rings. The number of pyridine rings is 1. The van der Waals surface area contributed by atoms with Crippen molar-refractivity contribution in [3.8, 4) is 0 Å². The van der Waals surface area contributed by atoms with Gasteiger partial charge in [0.15, 0.2) is 0 Å². The summed E-state index contributed by atoms with van der Waals surface area (Å²) < 4.78 is 0.922. The predicted molar refractivity (Wildman–Crippen MR) is 88.1 cm³/mol. The lowest BCUT2D eigenvalue weighted by molar-refractivity contribution is -0.117. The molecule has 110 valence electrons. The summed E-state index contributed by atoms with van der Waals surface area (Å²) in [6, 6.07) is 7.75. The van der Waals surface area contributed by atoms with E-state index < -0.39 is 0 Å². The van der Waals surface area contributed by atoms with Gasteiger partial charge in [-0.2, -0.15) is 0 Å². The third kappa shape index (κ3) is 3.24. The van der Waals surface area contributed by atoms with E-state index in [9.17, 15) is 4.79 Å². The number of nitrogens with zero attached hydrogens (tertiary/aromatic N) is 1. The average Bonchev–Trinajstić information content (AvgIpc) is 2.84. The van der Waals surface area contributed by atoms with Crippen molar-refractivity contribution < 1.29 is 4.79 Å². The number of anilines is 1. The molecule has 5 heteroatoms. The van der Waals surface area contributed by atoms with Crippen LogP contribution in [0.3, 0.4) is 0 Å². The van der Waals surface area contributed by atoms with Gasteiger partial charge in [0.2, 0.25) is 5.91 Å². The normalized spacial score (nSPS) is 17.0. The van der Waals surface area contributed by atoms with Crippen LogP contribution in [0.25, 0.3) is 10.9 Å². The van der Waals surface area contributed by atoms with Gasteiger partial charge in [-0.15, -0.1) is 0 Å². The molecule has 0 spiro atoms. The van der Waals surface area contributed by atoms with E-state index in [4.69, 9.17) is 5.73 Å². The van der Waals surface area contributed by atoms with Gasteiger partial charge in [0.25, 0.3) is 0 Å². The summed E-state index contributed by atoms with van der Waals surface area (Å²) in [6.45, 7) is 0. The molecule has 1 aromatic heterocycles. The Hall–Kier alpha value is -1.46. The molecule has 4 nitrogen and oxygen atoms in total. The Bertz CT molecular complexity index is 680. The van der Waals surface area contributed by atoms with Crippen LogP contribution in [-0.4, -0.2) is 16.4 Å². The molecule has 0 aliphatic heterocycles. The third-order valence-corrected chi connectivity index (χ3v) is 4.50. The number of hydrogen-bond donors (Lipinski definition) is 2. The van der Waals surface area contributed by atoms with Crippen LogP contribution >= 0.6 is 15.9 Å². The first-order valence-corrected chi connectivity index (χ1v) is 7.98. The zero-order chi connectivity index (χ0) is 14.9. The van der Waals surface area contributed by atoms with Crippen molar-refractivity contribution in [3.63, 3.8) is 0 Å². The molecule has 1 saturated carbocycles. The van der Waals surface area contributed by atoms with Gasteiger partial charge in [-0.25, -0.2) is 0 Å². The number of hydrogen-bond acceptors (Lipinski definition) is 3. The highest BCUT2D eigenvalue weighted by atomic mass is 79.9. The molecule has 0 saturated heterocycles. The number of halogens is 1. The van der Waals surface area contributed by atoms with Gasteiger partial charge < -0.3 is 11.1 Å². The maximum Gasteiger partial charge on any atom is 0.226 e. The number of rotatable bonds is 3. The Morgan fingerprint density at radius 2 is 2.14 bits per heavy atom. The highest BCUT2D eigenvalue weighted by Crippen LogP contribution is 2.31. The smallest absolute Gasteiger partial charge is 0.226 e. The quantitative estimate of drug-likeness (QED) is 0.891. The summed E-state index contributed by atoms with van der Waals surface area (Å²) in [5, 5.41) is 3.95. The lowest BCUT2D eigenvalue weighted by atomic mass is 9.94. The molecule has 1 aliphatic carbocycles. The fraction of sp³-hybridized carbons (Fsp3) is 0.375. The molecule has 0 atom stereocenters. The number of fused-ring (bicyclic) bond motifs is 1. The standard InChI is InChI=1S/C16H18BrN3O/c17-12-8-11-4-3-5-13(15(11)19-10-12)20-14(21)9-16(18)6-1-2-7-16/h3-5,8,10H,1-2,6-7,9,18H2,(H,20,21). The molecule has 0 unspecified atom stereocenters. The van der Waals surface area contributed by atoms with Gasteiger partial charge in [0.05, 0.1) is 11.2 Å². The van der Waals surface area contributed by atoms with Crippen LogP contribution < -0.4 is 11.1 Å². The van der Waals surface area contributed by atoms with E-state index in [0.29, 0.717) is 6.42 Å². The van der Waals surface area contributed by atoms with Gasteiger partial charge in [-0.1, -0.05) is 25.0 Å². The Morgan fingerprint density at radius 1 is 1.38 bits per heavy atom. The summed E-state index contributed by atoms with van der Waals surface area (Å²) in [5.41, 5.74) is 7.48. The number of carbonyl (C=O) groups excluding carboxylic acids is 1. The second kappa shape index (κ2) is 5.73. The highest BCUT2D eigenvalue weighted by molar-refractivity contribution is 9.10. The summed E-state index contributed by atoms with van der Waals surface area (Å²) in [5.74, 6) is -0.0309. The topological polar surface area (TPSA) is 68.0 Å². The van der Waals surface area contributed by atoms with Crippen LogP contribution in [0.2, 0.25) is 0 Å². The average molecular weight is 348 g/mol.